The molecule has 0 fully saturated rings. The normalized spacial score (nSPS) is 11.2. The van der Waals surface area contributed by atoms with E-state index in [0.717, 1.165) is 5.82 Å². The van der Waals surface area contributed by atoms with Crippen molar-refractivity contribution in [2.24, 2.45) is 0 Å². The van der Waals surface area contributed by atoms with E-state index in [9.17, 15) is 0 Å². The van der Waals surface area contributed by atoms with Crippen LogP contribution in [0.1, 0.15) is 36.6 Å². The minimum atomic E-state index is 0.375. The molecule has 0 atom stereocenters. The summed E-state index contributed by atoms with van der Waals surface area (Å²) in [5.74, 6) is 0.968. The molecule has 0 aliphatic heterocycles. The Hall–Kier alpha value is -1.64. The van der Waals surface area contributed by atoms with E-state index in [0.29, 0.717) is 6.04 Å². The van der Waals surface area contributed by atoms with Gasteiger partial charge in [-0.2, -0.15) is 0 Å². The van der Waals surface area contributed by atoms with Crippen molar-refractivity contribution in [3.05, 3.63) is 35.2 Å². The zero-order chi connectivity index (χ0) is 12.6. The second-order valence-electron chi connectivity index (χ2n) is 4.93. The fourth-order valence-corrected chi connectivity index (χ4v) is 2.33. The molecule has 1 aromatic heterocycles. The van der Waals surface area contributed by atoms with Gasteiger partial charge in [0.15, 0.2) is 5.82 Å². The highest BCUT2D eigenvalue weighted by Gasteiger charge is 2.14. The van der Waals surface area contributed by atoms with Crippen LogP contribution in [-0.2, 0) is 0 Å². The minimum Gasteiger partial charge on any atom is -0.311 e. The Morgan fingerprint density at radius 1 is 1.06 bits per heavy atom. The van der Waals surface area contributed by atoms with Gasteiger partial charge >= 0.3 is 0 Å². The van der Waals surface area contributed by atoms with E-state index in [1.807, 2.05) is 0 Å². The van der Waals surface area contributed by atoms with Crippen LogP contribution in [0.3, 0.4) is 0 Å². The molecule has 2 rings (SSSR count). The highest BCUT2D eigenvalue weighted by atomic mass is 15.3. The SMILES string of the molecule is Cc1cc(C)c(-c2nncn2C(C)C)c(C)c1. The van der Waals surface area contributed by atoms with E-state index in [1.165, 1.54) is 22.3 Å². The van der Waals surface area contributed by atoms with Crippen molar-refractivity contribution in [1.82, 2.24) is 14.8 Å². The number of hydrogen-bond acceptors (Lipinski definition) is 2. The topological polar surface area (TPSA) is 30.7 Å². The molecule has 1 aromatic carbocycles. The third kappa shape index (κ3) is 2.09. The molecular formula is C14H19N3. The zero-order valence-electron chi connectivity index (χ0n) is 11.2. The van der Waals surface area contributed by atoms with Gasteiger partial charge in [-0.25, -0.2) is 0 Å². The Morgan fingerprint density at radius 2 is 1.65 bits per heavy atom. The van der Waals surface area contributed by atoms with Crippen molar-refractivity contribution in [2.75, 3.05) is 0 Å². The van der Waals surface area contributed by atoms with Crippen LogP contribution in [0.15, 0.2) is 18.5 Å². The van der Waals surface area contributed by atoms with Crippen molar-refractivity contribution in [1.29, 1.82) is 0 Å². The molecule has 1 heterocycles. The maximum Gasteiger partial charge on any atom is 0.164 e. The maximum absolute atomic E-state index is 4.27. The van der Waals surface area contributed by atoms with Crippen LogP contribution in [0, 0.1) is 20.8 Å². The molecule has 0 bridgehead atoms. The van der Waals surface area contributed by atoms with Crippen molar-refractivity contribution >= 4 is 0 Å². The minimum absolute atomic E-state index is 0.375. The Morgan fingerprint density at radius 3 is 2.18 bits per heavy atom. The molecular weight excluding hydrogens is 210 g/mol. The van der Waals surface area contributed by atoms with Crippen LogP contribution in [0.2, 0.25) is 0 Å². The first-order valence-electron chi connectivity index (χ1n) is 5.98. The number of hydrogen-bond donors (Lipinski definition) is 0. The standard InChI is InChI=1S/C14H19N3/c1-9(2)17-8-15-16-14(17)13-11(4)6-10(3)7-12(13)5/h6-9H,1-5H3. The second kappa shape index (κ2) is 4.32. The monoisotopic (exact) mass is 229 g/mol. The Kier molecular flexibility index (Phi) is 3.01. The molecule has 0 saturated carbocycles. The first kappa shape index (κ1) is 11.8. The Labute approximate surface area is 103 Å². The van der Waals surface area contributed by atoms with E-state index in [-0.39, 0.29) is 0 Å². The summed E-state index contributed by atoms with van der Waals surface area (Å²) in [6.07, 6.45) is 1.80. The molecule has 0 amide bonds. The van der Waals surface area contributed by atoms with Gasteiger partial charge in [0.2, 0.25) is 0 Å². The van der Waals surface area contributed by atoms with Gasteiger partial charge in [0.1, 0.15) is 6.33 Å². The first-order valence-corrected chi connectivity index (χ1v) is 5.98. The van der Waals surface area contributed by atoms with Crippen LogP contribution < -0.4 is 0 Å². The molecule has 0 aliphatic carbocycles. The molecule has 90 valence electrons. The molecule has 3 heteroatoms. The average Bonchev–Trinajstić information content (AvgIpc) is 2.64. The smallest absolute Gasteiger partial charge is 0.164 e. The number of rotatable bonds is 2. The van der Waals surface area contributed by atoms with Gasteiger partial charge in [0, 0.05) is 11.6 Å². The highest BCUT2D eigenvalue weighted by Crippen LogP contribution is 2.28. The molecule has 2 aromatic rings. The molecule has 3 nitrogen and oxygen atoms in total. The second-order valence-corrected chi connectivity index (χ2v) is 4.93. The molecule has 17 heavy (non-hydrogen) atoms. The number of nitrogens with zero attached hydrogens (tertiary/aromatic N) is 3. The van der Waals surface area contributed by atoms with E-state index in [2.05, 4.69) is 61.5 Å². The van der Waals surface area contributed by atoms with Gasteiger partial charge in [-0.15, -0.1) is 10.2 Å². The van der Waals surface area contributed by atoms with Gasteiger partial charge in [0.05, 0.1) is 0 Å². The van der Waals surface area contributed by atoms with Crippen LogP contribution in [-0.4, -0.2) is 14.8 Å². The summed E-state index contributed by atoms with van der Waals surface area (Å²) in [6.45, 7) is 10.7. The number of aryl methyl sites for hydroxylation is 3. The summed E-state index contributed by atoms with van der Waals surface area (Å²) >= 11 is 0. The predicted molar refractivity (Wildman–Crippen MR) is 70.1 cm³/mol. The largest absolute Gasteiger partial charge is 0.311 e. The Balaban J connectivity index is 2.64. The van der Waals surface area contributed by atoms with Crippen molar-refractivity contribution in [3.8, 4) is 11.4 Å². The highest BCUT2D eigenvalue weighted by molar-refractivity contribution is 5.65. The molecule has 0 saturated heterocycles. The summed E-state index contributed by atoms with van der Waals surface area (Å²) in [5, 5.41) is 8.31. The van der Waals surface area contributed by atoms with Gasteiger partial charge in [-0.05, 0) is 45.7 Å². The van der Waals surface area contributed by atoms with Crippen molar-refractivity contribution in [2.45, 2.75) is 40.7 Å². The third-order valence-electron chi connectivity index (χ3n) is 3.03. The van der Waals surface area contributed by atoms with E-state index >= 15 is 0 Å². The fourth-order valence-electron chi connectivity index (χ4n) is 2.33. The van der Waals surface area contributed by atoms with E-state index < -0.39 is 0 Å². The molecule has 0 spiro atoms. The molecule has 0 aliphatic rings. The van der Waals surface area contributed by atoms with Crippen LogP contribution in [0.4, 0.5) is 0 Å². The van der Waals surface area contributed by atoms with Gasteiger partial charge in [0.25, 0.3) is 0 Å². The zero-order valence-corrected chi connectivity index (χ0v) is 11.2. The average molecular weight is 229 g/mol. The third-order valence-corrected chi connectivity index (χ3v) is 3.03. The number of aromatic nitrogens is 3. The lowest BCUT2D eigenvalue weighted by Crippen LogP contribution is -2.04. The maximum atomic E-state index is 4.27. The lowest BCUT2D eigenvalue weighted by molar-refractivity contribution is 0.603. The first-order chi connectivity index (χ1) is 8.00. The summed E-state index contributed by atoms with van der Waals surface area (Å²) in [4.78, 5) is 0. The van der Waals surface area contributed by atoms with Gasteiger partial charge in [-0.1, -0.05) is 17.7 Å². The lowest BCUT2D eigenvalue weighted by atomic mass is 9.99. The number of benzene rings is 1. The van der Waals surface area contributed by atoms with Crippen molar-refractivity contribution < 1.29 is 0 Å². The summed E-state index contributed by atoms with van der Waals surface area (Å²) in [6, 6.07) is 4.77. The summed E-state index contributed by atoms with van der Waals surface area (Å²) < 4.78 is 2.12. The molecule has 0 N–H and O–H groups in total. The quantitative estimate of drug-likeness (QED) is 0.789. The fraction of sp³-hybridized carbons (Fsp3) is 0.429. The summed E-state index contributed by atoms with van der Waals surface area (Å²) in [7, 11) is 0. The van der Waals surface area contributed by atoms with Crippen LogP contribution >= 0.6 is 0 Å². The van der Waals surface area contributed by atoms with Crippen LogP contribution in [0.5, 0.6) is 0 Å². The van der Waals surface area contributed by atoms with Gasteiger partial charge in [-0.3, -0.25) is 0 Å². The lowest BCUT2D eigenvalue weighted by Gasteiger charge is -2.14. The van der Waals surface area contributed by atoms with Crippen molar-refractivity contribution in [3.63, 3.8) is 0 Å². The van der Waals surface area contributed by atoms with E-state index in [1.54, 1.807) is 6.33 Å². The van der Waals surface area contributed by atoms with Gasteiger partial charge < -0.3 is 4.57 Å². The molecule has 0 unspecified atom stereocenters. The summed E-state index contributed by atoms with van der Waals surface area (Å²) in [5.41, 5.74) is 5.02. The van der Waals surface area contributed by atoms with E-state index in [4.69, 9.17) is 0 Å². The van der Waals surface area contributed by atoms with Crippen LogP contribution in [0.25, 0.3) is 11.4 Å². The predicted octanol–water partition coefficient (Wildman–Crippen LogP) is 3.45. The molecule has 0 radical (unpaired) electrons. The Bertz CT molecular complexity index is 515.